The lowest BCUT2D eigenvalue weighted by Crippen LogP contribution is -2.16. The maximum Gasteiger partial charge on any atom is 0.297 e. The normalized spacial score (nSPS) is 11.9. The maximum absolute atomic E-state index is 12.1. The van der Waals surface area contributed by atoms with Crippen LogP contribution in [0.3, 0.4) is 0 Å². The van der Waals surface area contributed by atoms with Crippen molar-refractivity contribution in [2.24, 2.45) is 5.92 Å². The van der Waals surface area contributed by atoms with Crippen molar-refractivity contribution < 1.29 is 4.79 Å². The summed E-state index contributed by atoms with van der Waals surface area (Å²) in [7, 11) is 0. The van der Waals surface area contributed by atoms with E-state index in [0.717, 1.165) is 11.4 Å². The second-order valence-electron chi connectivity index (χ2n) is 6.31. The van der Waals surface area contributed by atoms with E-state index in [0.29, 0.717) is 16.9 Å². The second kappa shape index (κ2) is 5.88. The van der Waals surface area contributed by atoms with Crippen molar-refractivity contribution in [1.82, 2.24) is 25.4 Å². The number of carbonyl (C=O) groups excluding carboxylic acids is 1. The van der Waals surface area contributed by atoms with Crippen molar-refractivity contribution >= 4 is 22.4 Å². The quantitative estimate of drug-likeness (QED) is 0.904. The number of amides is 1. The molecule has 0 aliphatic heterocycles. The number of hydrogen-bond acceptors (Lipinski definition) is 6. The Morgan fingerprint density at radius 3 is 2.62 bits per heavy atom. The van der Waals surface area contributed by atoms with Crippen molar-refractivity contribution in [3.05, 3.63) is 16.7 Å². The highest BCUT2D eigenvalue weighted by atomic mass is 32.1. The first-order valence-electron chi connectivity index (χ1n) is 6.82. The molecule has 21 heavy (non-hydrogen) atoms. The Hall–Kier alpha value is -1.83. The van der Waals surface area contributed by atoms with Crippen molar-refractivity contribution in [2.75, 3.05) is 5.32 Å². The minimum atomic E-state index is -0.381. The van der Waals surface area contributed by atoms with Crippen LogP contribution in [-0.4, -0.2) is 31.3 Å². The molecule has 8 heteroatoms. The highest BCUT2D eigenvalue weighted by molar-refractivity contribution is 7.15. The van der Waals surface area contributed by atoms with Gasteiger partial charge in [-0.25, -0.2) is 4.98 Å². The molecule has 0 radical (unpaired) electrons. The van der Waals surface area contributed by atoms with E-state index in [2.05, 4.69) is 44.5 Å². The van der Waals surface area contributed by atoms with Gasteiger partial charge in [0.15, 0.2) is 0 Å². The zero-order valence-electron chi connectivity index (χ0n) is 12.9. The van der Waals surface area contributed by atoms with Gasteiger partial charge in [0.1, 0.15) is 10.8 Å². The van der Waals surface area contributed by atoms with Gasteiger partial charge in [-0.3, -0.25) is 15.2 Å². The summed E-state index contributed by atoms with van der Waals surface area (Å²) in [6.07, 6.45) is 0.850. The SMILES string of the molecule is CC(C)Cc1nnc(NC(=O)c2n[nH]c(C(C)(C)C)n2)s1. The summed E-state index contributed by atoms with van der Waals surface area (Å²) in [6, 6.07) is 0. The van der Waals surface area contributed by atoms with Gasteiger partial charge in [-0.15, -0.1) is 15.3 Å². The molecule has 7 nitrogen and oxygen atoms in total. The predicted octanol–water partition coefficient (Wildman–Crippen LogP) is 2.40. The van der Waals surface area contributed by atoms with E-state index in [1.54, 1.807) is 0 Å². The van der Waals surface area contributed by atoms with Gasteiger partial charge in [-0.05, 0) is 5.92 Å². The van der Waals surface area contributed by atoms with Crippen molar-refractivity contribution in [2.45, 2.75) is 46.5 Å². The van der Waals surface area contributed by atoms with Crippen LogP contribution in [0.5, 0.6) is 0 Å². The van der Waals surface area contributed by atoms with Gasteiger partial charge in [-0.2, -0.15) is 0 Å². The third kappa shape index (κ3) is 4.07. The molecule has 2 rings (SSSR count). The maximum atomic E-state index is 12.1. The Morgan fingerprint density at radius 2 is 2.05 bits per heavy atom. The van der Waals surface area contributed by atoms with Gasteiger partial charge < -0.3 is 0 Å². The van der Waals surface area contributed by atoms with E-state index in [4.69, 9.17) is 0 Å². The molecule has 0 spiro atoms. The van der Waals surface area contributed by atoms with Gasteiger partial charge in [0.2, 0.25) is 11.0 Å². The van der Waals surface area contributed by atoms with Gasteiger partial charge in [0.05, 0.1) is 0 Å². The molecule has 0 aliphatic carbocycles. The first-order valence-corrected chi connectivity index (χ1v) is 7.64. The lowest BCUT2D eigenvalue weighted by molar-refractivity contribution is 0.101. The number of carbonyl (C=O) groups is 1. The molecule has 0 unspecified atom stereocenters. The van der Waals surface area contributed by atoms with Crippen LogP contribution in [0.15, 0.2) is 0 Å². The predicted molar refractivity (Wildman–Crippen MR) is 81.5 cm³/mol. The topological polar surface area (TPSA) is 96.5 Å². The molecule has 2 heterocycles. The lowest BCUT2D eigenvalue weighted by atomic mass is 9.96. The average molecular weight is 308 g/mol. The molecule has 0 aromatic carbocycles. The highest BCUT2D eigenvalue weighted by Gasteiger charge is 2.22. The zero-order chi connectivity index (χ0) is 15.6. The zero-order valence-corrected chi connectivity index (χ0v) is 13.7. The number of aromatic amines is 1. The van der Waals surface area contributed by atoms with Gasteiger partial charge >= 0.3 is 0 Å². The number of aromatic nitrogens is 5. The number of nitrogens with one attached hydrogen (secondary N) is 2. The van der Waals surface area contributed by atoms with Crippen LogP contribution >= 0.6 is 11.3 Å². The molecule has 2 aromatic rings. The van der Waals surface area contributed by atoms with Gasteiger partial charge in [0.25, 0.3) is 5.91 Å². The fraction of sp³-hybridized carbons (Fsp3) is 0.615. The number of rotatable bonds is 4. The average Bonchev–Trinajstić information content (AvgIpc) is 2.96. The largest absolute Gasteiger partial charge is 0.297 e. The van der Waals surface area contributed by atoms with E-state index < -0.39 is 0 Å². The van der Waals surface area contributed by atoms with Crippen LogP contribution in [0.2, 0.25) is 0 Å². The summed E-state index contributed by atoms with van der Waals surface area (Å²) in [5, 5.41) is 18.8. The van der Waals surface area contributed by atoms with Gasteiger partial charge in [-0.1, -0.05) is 46.0 Å². The van der Waals surface area contributed by atoms with E-state index >= 15 is 0 Å². The summed E-state index contributed by atoms with van der Waals surface area (Å²) in [6.45, 7) is 10.2. The number of hydrogen-bond donors (Lipinski definition) is 2. The third-order valence-electron chi connectivity index (χ3n) is 2.67. The minimum Gasteiger partial charge on any atom is -0.294 e. The van der Waals surface area contributed by atoms with Crippen LogP contribution in [-0.2, 0) is 11.8 Å². The molecular formula is C13H20N6OS. The Balaban J connectivity index is 2.04. The van der Waals surface area contributed by atoms with Crippen LogP contribution < -0.4 is 5.32 Å². The summed E-state index contributed by atoms with van der Waals surface area (Å²) in [5.74, 6) is 0.906. The molecule has 0 bridgehead atoms. The number of H-pyrrole nitrogens is 1. The molecule has 2 aromatic heterocycles. The fourth-order valence-corrected chi connectivity index (χ4v) is 2.53. The minimum absolute atomic E-state index is 0.112. The molecule has 1 amide bonds. The monoisotopic (exact) mass is 308 g/mol. The molecular weight excluding hydrogens is 288 g/mol. The summed E-state index contributed by atoms with van der Waals surface area (Å²) >= 11 is 1.38. The summed E-state index contributed by atoms with van der Waals surface area (Å²) in [4.78, 5) is 16.3. The van der Waals surface area contributed by atoms with Crippen molar-refractivity contribution in [1.29, 1.82) is 0 Å². The molecule has 0 saturated carbocycles. The first-order chi connectivity index (χ1) is 9.75. The van der Waals surface area contributed by atoms with Crippen LogP contribution in [0.1, 0.15) is 56.1 Å². The molecule has 114 valence electrons. The van der Waals surface area contributed by atoms with Crippen molar-refractivity contribution in [3.63, 3.8) is 0 Å². The molecule has 0 saturated heterocycles. The van der Waals surface area contributed by atoms with Crippen molar-refractivity contribution in [3.8, 4) is 0 Å². The smallest absolute Gasteiger partial charge is 0.294 e. The summed E-state index contributed by atoms with van der Waals surface area (Å²) in [5.41, 5.74) is -0.182. The highest BCUT2D eigenvalue weighted by Crippen LogP contribution is 2.20. The molecule has 2 N–H and O–H groups in total. The fourth-order valence-electron chi connectivity index (χ4n) is 1.59. The third-order valence-corrected chi connectivity index (χ3v) is 3.53. The van der Waals surface area contributed by atoms with E-state index in [1.165, 1.54) is 11.3 Å². The number of nitrogens with zero attached hydrogens (tertiary/aromatic N) is 4. The molecule has 0 aliphatic rings. The Morgan fingerprint density at radius 1 is 1.33 bits per heavy atom. The Bertz CT molecular complexity index is 625. The van der Waals surface area contributed by atoms with Gasteiger partial charge in [0, 0.05) is 11.8 Å². The lowest BCUT2D eigenvalue weighted by Gasteiger charge is -2.12. The standard InChI is InChI=1S/C13H20N6OS/c1-7(2)6-8-16-19-12(21-8)15-10(20)9-14-11(18-17-9)13(3,4)5/h7H,6H2,1-5H3,(H,14,17,18)(H,15,19,20). The number of anilines is 1. The Kier molecular flexibility index (Phi) is 4.36. The second-order valence-corrected chi connectivity index (χ2v) is 7.37. The van der Waals surface area contributed by atoms with Crippen LogP contribution in [0.4, 0.5) is 5.13 Å². The van der Waals surface area contributed by atoms with E-state index in [-0.39, 0.29) is 17.1 Å². The first kappa shape index (κ1) is 15.6. The van der Waals surface area contributed by atoms with E-state index in [1.807, 2.05) is 20.8 Å². The van der Waals surface area contributed by atoms with E-state index in [9.17, 15) is 4.79 Å². The Labute approximate surface area is 127 Å². The molecule has 0 atom stereocenters. The summed E-state index contributed by atoms with van der Waals surface area (Å²) < 4.78 is 0. The van der Waals surface area contributed by atoms with Crippen LogP contribution in [0.25, 0.3) is 0 Å². The molecule has 0 fully saturated rings. The van der Waals surface area contributed by atoms with Crippen LogP contribution in [0, 0.1) is 5.92 Å².